The summed E-state index contributed by atoms with van der Waals surface area (Å²) < 4.78 is 0. The van der Waals surface area contributed by atoms with Gasteiger partial charge in [-0.15, -0.1) is 23.2 Å². The molecule has 1 aliphatic heterocycles. The zero-order chi connectivity index (χ0) is 16.6. The Hall–Kier alpha value is -0.710. The number of aliphatic carboxylic acids is 1. The summed E-state index contributed by atoms with van der Waals surface area (Å²) in [5, 5.41) is 16.4. The maximum atomic E-state index is 11.4. The number of allylic oxidation sites excluding steroid dienone is 3. The van der Waals surface area contributed by atoms with Gasteiger partial charge in [-0.2, -0.15) is 5.10 Å². The van der Waals surface area contributed by atoms with Gasteiger partial charge < -0.3 is 5.11 Å². The Morgan fingerprint density at radius 3 is 2.65 bits per heavy atom. The molecule has 0 spiro atoms. The molecule has 0 aromatic rings. The minimum atomic E-state index is -0.959. The van der Waals surface area contributed by atoms with Gasteiger partial charge in [-0.05, 0) is 43.8 Å². The van der Waals surface area contributed by atoms with Gasteiger partial charge in [-0.1, -0.05) is 17.7 Å². The fourth-order valence-corrected chi connectivity index (χ4v) is 4.54. The zero-order valence-corrected chi connectivity index (χ0v) is 14.9. The van der Waals surface area contributed by atoms with Crippen LogP contribution in [-0.4, -0.2) is 44.6 Å². The van der Waals surface area contributed by atoms with Gasteiger partial charge in [0, 0.05) is 16.8 Å². The van der Waals surface area contributed by atoms with Crippen molar-refractivity contribution in [3.63, 3.8) is 0 Å². The number of carboxylic acid groups (broad SMARTS) is 1. The molecule has 0 aromatic carbocycles. The van der Waals surface area contributed by atoms with Crippen molar-refractivity contribution < 1.29 is 9.90 Å². The molecule has 2 aliphatic carbocycles. The minimum Gasteiger partial charge on any atom is -0.477 e. The molecule has 0 bridgehead atoms. The normalized spacial score (nSPS) is 34.7. The SMILES string of the molecule is O=C(O)C1=NN([C@@H]2CC[C@H](Cl)CC2Cl)C(C2=CC=C(Cl)CC2)C1. The van der Waals surface area contributed by atoms with Crippen molar-refractivity contribution in [3.8, 4) is 0 Å². The maximum Gasteiger partial charge on any atom is 0.352 e. The summed E-state index contributed by atoms with van der Waals surface area (Å²) in [7, 11) is 0. The molecule has 2 unspecified atom stereocenters. The van der Waals surface area contributed by atoms with Crippen molar-refractivity contribution in [2.24, 2.45) is 5.10 Å². The number of nitrogens with zero attached hydrogens (tertiary/aromatic N) is 2. The van der Waals surface area contributed by atoms with E-state index in [1.54, 1.807) is 0 Å². The van der Waals surface area contributed by atoms with Gasteiger partial charge in [0.05, 0.1) is 17.5 Å². The number of carbonyl (C=O) groups is 1. The number of hydrogen-bond acceptors (Lipinski definition) is 3. The summed E-state index contributed by atoms with van der Waals surface area (Å²) in [5.41, 5.74) is 1.37. The van der Waals surface area contributed by atoms with Gasteiger partial charge >= 0.3 is 5.97 Å². The van der Waals surface area contributed by atoms with E-state index < -0.39 is 5.97 Å². The molecular formula is C16H19Cl3N2O2. The lowest BCUT2D eigenvalue weighted by Crippen LogP contribution is -2.46. The number of alkyl halides is 2. The van der Waals surface area contributed by atoms with Gasteiger partial charge in [-0.25, -0.2) is 4.79 Å². The molecule has 4 nitrogen and oxygen atoms in total. The molecule has 0 aromatic heterocycles. The average molecular weight is 378 g/mol. The van der Waals surface area contributed by atoms with Crippen LogP contribution in [0.3, 0.4) is 0 Å². The Morgan fingerprint density at radius 1 is 1.26 bits per heavy atom. The monoisotopic (exact) mass is 376 g/mol. The van der Waals surface area contributed by atoms with E-state index in [0.717, 1.165) is 37.1 Å². The predicted octanol–water partition coefficient (Wildman–Crippen LogP) is 4.11. The van der Waals surface area contributed by atoms with E-state index in [2.05, 4.69) is 5.10 Å². The van der Waals surface area contributed by atoms with Crippen molar-refractivity contribution in [3.05, 3.63) is 22.8 Å². The second-order valence-corrected chi connectivity index (χ2v) is 7.96. The molecule has 3 aliphatic rings. The lowest BCUT2D eigenvalue weighted by Gasteiger charge is -2.39. The van der Waals surface area contributed by atoms with Crippen LogP contribution in [0.4, 0.5) is 0 Å². The van der Waals surface area contributed by atoms with Gasteiger partial charge in [0.2, 0.25) is 0 Å². The van der Waals surface area contributed by atoms with E-state index in [-0.39, 0.29) is 28.5 Å². The van der Waals surface area contributed by atoms with E-state index in [4.69, 9.17) is 34.8 Å². The van der Waals surface area contributed by atoms with Crippen molar-refractivity contribution >= 4 is 46.5 Å². The molecule has 126 valence electrons. The Labute approximate surface area is 150 Å². The summed E-state index contributed by atoms with van der Waals surface area (Å²) in [6.07, 6.45) is 8.36. The molecule has 1 N–H and O–H groups in total. The molecule has 0 saturated heterocycles. The summed E-state index contributed by atoms with van der Waals surface area (Å²) in [6, 6.07) is -0.0176. The molecule has 23 heavy (non-hydrogen) atoms. The standard InChI is InChI=1S/C16H19Cl3N2O2/c17-10-3-1-9(2-4-10)15-8-13(16(22)23)20-21(15)14-6-5-11(18)7-12(14)19/h1,3,11-12,14-15H,2,4-8H2,(H,22,23)/t11-,12?,14+,15?/m0/s1. The van der Waals surface area contributed by atoms with E-state index in [0.29, 0.717) is 6.42 Å². The third-order valence-corrected chi connectivity index (χ3v) is 5.94. The first-order chi connectivity index (χ1) is 11.0. The smallest absolute Gasteiger partial charge is 0.352 e. The van der Waals surface area contributed by atoms with Gasteiger partial charge in [0.25, 0.3) is 0 Å². The van der Waals surface area contributed by atoms with Crippen LogP contribution >= 0.6 is 34.8 Å². The lowest BCUT2D eigenvalue weighted by molar-refractivity contribution is -0.129. The Kier molecular flexibility index (Phi) is 5.24. The van der Waals surface area contributed by atoms with E-state index in [9.17, 15) is 9.90 Å². The largest absolute Gasteiger partial charge is 0.477 e. The highest BCUT2D eigenvalue weighted by Gasteiger charge is 2.41. The fraction of sp³-hybridized carbons (Fsp3) is 0.625. The molecule has 4 atom stereocenters. The molecule has 3 rings (SSSR count). The molecule has 1 heterocycles. The van der Waals surface area contributed by atoms with Crippen molar-refractivity contribution in [2.45, 2.75) is 61.4 Å². The second kappa shape index (κ2) is 7.04. The van der Waals surface area contributed by atoms with E-state index in [1.807, 2.05) is 17.2 Å². The summed E-state index contributed by atoms with van der Waals surface area (Å²) >= 11 is 18.8. The van der Waals surface area contributed by atoms with Crippen LogP contribution < -0.4 is 0 Å². The number of carboxylic acids is 1. The van der Waals surface area contributed by atoms with E-state index in [1.165, 1.54) is 5.57 Å². The van der Waals surface area contributed by atoms with Gasteiger partial charge in [0.1, 0.15) is 5.71 Å². The fourth-order valence-electron chi connectivity index (χ4n) is 3.52. The van der Waals surface area contributed by atoms with Crippen LogP contribution in [0.1, 0.15) is 38.5 Å². The Morgan fingerprint density at radius 2 is 2.04 bits per heavy atom. The summed E-state index contributed by atoms with van der Waals surface area (Å²) in [4.78, 5) is 11.4. The van der Waals surface area contributed by atoms with E-state index >= 15 is 0 Å². The van der Waals surface area contributed by atoms with Crippen LogP contribution in [0.2, 0.25) is 0 Å². The summed E-state index contributed by atoms with van der Waals surface area (Å²) in [5.74, 6) is -0.959. The predicted molar refractivity (Wildman–Crippen MR) is 93.5 cm³/mol. The quantitative estimate of drug-likeness (QED) is 0.753. The molecular weight excluding hydrogens is 359 g/mol. The van der Waals surface area contributed by atoms with Crippen molar-refractivity contribution in [1.29, 1.82) is 0 Å². The molecule has 1 saturated carbocycles. The highest BCUT2D eigenvalue weighted by Crippen LogP contribution is 2.37. The summed E-state index contributed by atoms with van der Waals surface area (Å²) in [6.45, 7) is 0. The Bertz CT molecular complexity index is 588. The zero-order valence-electron chi connectivity index (χ0n) is 12.6. The van der Waals surface area contributed by atoms with Gasteiger partial charge in [0.15, 0.2) is 0 Å². The first-order valence-electron chi connectivity index (χ1n) is 7.88. The number of hydrazone groups is 1. The van der Waals surface area contributed by atoms with Crippen LogP contribution in [0.15, 0.2) is 27.9 Å². The molecule has 7 heteroatoms. The van der Waals surface area contributed by atoms with Crippen molar-refractivity contribution in [2.75, 3.05) is 0 Å². The highest BCUT2D eigenvalue weighted by atomic mass is 35.5. The third kappa shape index (κ3) is 3.70. The first kappa shape index (κ1) is 17.1. The number of rotatable bonds is 3. The van der Waals surface area contributed by atoms with Crippen LogP contribution in [0.5, 0.6) is 0 Å². The Balaban J connectivity index is 1.85. The first-order valence-corrected chi connectivity index (χ1v) is 9.13. The van der Waals surface area contributed by atoms with Crippen LogP contribution in [0, 0.1) is 0 Å². The molecule has 1 fully saturated rings. The third-order valence-electron chi connectivity index (χ3n) is 4.76. The number of hydrogen-bond donors (Lipinski definition) is 1. The van der Waals surface area contributed by atoms with Crippen LogP contribution in [-0.2, 0) is 4.79 Å². The number of halogens is 3. The minimum absolute atomic E-state index is 0.0239. The average Bonchev–Trinajstić information content (AvgIpc) is 2.93. The topological polar surface area (TPSA) is 52.9 Å². The highest BCUT2D eigenvalue weighted by molar-refractivity contribution is 6.36. The molecule has 0 radical (unpaired) electrons. The molecule has 0 amide bonds. The van der Waals surface area contributed by atoms with Crippen LogP contribution in [0.25, 0.3) is 0 Å². The maximum absolute atomic E-state index is 11.4. The van der Waals surface area contributed by atoms with Gasteiger partial charge in [-0.3, -0.25) is 5.01 Å². The van der Waals surface area contributed by atoms with Crippen molar-refractivity contribution in [1.82, 2.24) is 5.01 Å². The second-order valence-electron chi connectivity index (χ2n) is 6.30. The lowest BCUT2D eigenvalue weighted by atomic mass is 9.89.